The molecule has 1 N–H and O–H groups in total. The van der Waals surface area contributed by atoms with Crippen molar-refractivity contribution in [2.24, 2.45) is 10.9 Å². The van der Waals surface area contributed by atoms with Crippen LogP contribution in [0.15, 0.2) is 20.9 Å². The average molecular weight is 402 g/mol. The van der Waals surface area contributed by atoms with Crippen LogP contribution in [0, 0.1) is 5.92 Å². The summed E-state index contributed by atoms with van der Waals surface area (Å²) in [7, 11) is 2.14. The van der Waals surface area contributed by atoms with Crippen LogP contribution < -0.4 is 5.32 Å². The topological polar surface area (TPSA) is 36.9 Å². The van der Waals surface area contributed by atoms with Crippen molar-refractivity contribution in [1.82, 2.24) is 10.2 Å². The van der Waals surface area contributed by atoms with Gasteiger partial charge in [0.1, 0.15) is 0 Å². The van der Waals surface area contributed by atoms with Gasteiger partial charge in [-0.3, -0.25) is 4.99 Å². The highest BCUT2D eigenvalue weighted by Crippen LogP contribution is 2.22. The van der Waals surface area contributed by atoms with E-state index in [1.165, 1.54) is 27.9 Å². The van der Waals surface area contributed by atoms with E-state index in [-0.39, 0.29) is 0 Å². The van der Waals surface area contributed by atoms with Crippen LogP contribution in [0.4, 0.5) is 0 Å². The number of nitrogens with one attached hydrogen (secondary N) is 1. The number of hydrogen-bond donors (Lipinski definition) is 1. The zero-order chi connectivity index (χ0) is 16.5. The van der Waals surface area contributed by atoms with Crippen molar-refractivity contribution in [3.63, 3.8) is 0 Å². The lowest BCUT2D eigenvalue weighted by Gasteiger charge is -2.26. The lowest BCUT2D eigenvalue weighted by Crippen LogP contribution is -2.40. The van der Waals surface area contributed by atoms with Gasteiger partial charge in [0.25, 0.3) is 0 Å². The molecule has 4 nitrogen and oxygen atoms in total. The van der Waals surface area contributed by atoms with E-state index in [0.29, 0.717) is 0 Å². The zero-order valence-electron chi connectivity index (χ0n) is 14.2. The molecule has 130 valence electrons. The van der Waals surface area contributed by atoms with Gasteiger partial charge in [0.2, 0.25) is 0 Å². The fourth-order valence-electron chi connectivity index (χ4n) is 2.74. The zero-order valence-corrected chi connectivity index (χ0v) is 16.6. The van der Waals surface area contributed by atoms with Gasteiger partial charge in [0.15, 0.2) is 5.96 Å². The third kappa shape index (κ3) is 6.81. The molecule has 0 saturated carbocycles. The Bertz CT molecular complexity index is 486. The highest BCUT2D eigenvalue weighted by atomic mass is 79.9. The van der Waals surface area contributed by atoms with Crippen LogP contribution in [0.5, 0.6) is 0 Å². The van der Waals surface area contributed by atoms with Crippen LogP contribution in [0.1, 0.15) is 31.1 Å². The summed E-state index contributed by atoms with van der Waals surface area (Å²) in [5.41, 5.74) is 0. The largest absolute Gasteiger partial charge is 0.381 e. The van der Waals surface area contributed by atoms with E-state index >= 15 is 0 Å². The van der Waals surface area contributed by atoms with Crippen molar-refractivity contribution < 1.29 is 4.74 Å². The van der Waals surface area contributed by atoms with Crippen LogP contribution in [0.25, 0.3) is 0 Å². The first-order valence-electron chi connectivity index (χ1n) is 8.50. The van der Waals surface area contributed by atoms with E-state index in [4.69, 9.17) is 9.73 Å². The number of thiophene rings is 1. The number of aliphatic imine (C=N–C) groups is 1. The smallest absolute Gasteiger partial charge is 0.193 e. The Morgan fingerprint density at radius 2 is 2.22 bits per heavy atom. The molecule has 1 aromatic heterocycles. The van der Waals surface area contributed by atoms with Crippen molar-refractivity contribution >= 4 is 33.2 Å². The van der Waals surface area contributed by atoms with Crippen molar-refractivity contribution in [3.05, 3.63) is 20.8 Å². The summed E-state index contributed by atoms with van der Waals surface area (Å²) in [4.78, 5) is 8.42. The molecule has 1 aliphatic heterocycles. The lowest BCUT2D eigenvalue weighted by atomic mass is 9.96. The molecule has 0 atom stereocenters. The van der Waals surface area contributed by atoms with Gasteiger partial charge in [-0.05, 0) is 60.2 Å². The maximum absolute atomic E-state index is 5.44. The molecule has 0 spiro atoms. The standard InChI is InChI=1S/C17H28BrN3OS/c1-3-19-17(20-10-6-15-4-5-16(18)23-15)21(2)11-7-14-8-12-22-13-9-14/h4-5,14H,3,6-13H2,1-2H3,(H,19,20). The highest BCUT2D eigenvalue weighted by Gasteiger charge is 2.15. The van der Waals surface area contributed by atoms with Crippen LogP contribution in [0.2, 0.25) is 0 Å². The van der Waals surface area contributed by atoms with Gasteiger partial charge >= 0.3 is 0 Å². The van der Waals surface area contributed by atoms with E-state index in [1.54, 1.807) is 11.3 Å². The predicted octanol–water partition coefficient (Wildman–Crippen LogP) is 3.77. The Labute approximate surface area is 152 Å². The predicted molar refractivity (Wildman–Crippen MR) is 102 cm³/mol. The second kappa shape index (κ2) is 10.3. The normalized spacial score (nSPS) is 16.6. The van der Waals surface area contributed by atoms with E-state index in [0.717, 1.165) is 51.1 Å². The van der Waals surface area contributed by atoms with Gasteiger partial charge in [0, 0.05) is 51.2 Å². The molecule has 0 aliphatic carbocycles. The number of rotatable bonds is 7. The molecule has 0 aromatic carbocycles. The molecule has 0 unspecified atom stereocenters. The SMILES string of the molecule is CCNC(=NCCc1ccc(Br)s1)N(C)CCC1CCOCC1. The number of hydrogen-bond acceptors (Lipinski definition) is 3. The molecule has 1 saturated heterocycles. The fraction of sp³-hybridized carbons (Fsp3) is 0.706. The van der Waals surface area contributed by atoms with Gasteiger partial charge < -0.3 is 15.0 Å². The first-order valence-corrected chi connectivity index (χ1v) is 10.1. The first-order chi connectivity index (χ1) is 11.2. The maximum Gasteiger partial charge on any atom is 0.193 e. The molecule has 1 fully saturated rings. The van der Waals surface area contributed by atoms with Gasteiger partial charge in [-0.2, -0.15) is 0 Å². The summed E-state index contributed by atoms with van der Waals surface area (Å²) in [6, 6.07) is 4.28. The summed E-state index contributed by atoms with van der Waals surface area (Å²) in [5.74, 6) is 1.83. The third-order valence-corrected chi connectivity index (χ3v) is 5.84. The summed E-state index contributed by atoms with van der Waals surface area (Å²) in [6.07, 6.45) is 4.63. The monoisotopic (exact) mass is 401 g/mol. The van der Waals surface area contributed by atoms with Gasteiger partial charge in [-0.15, -0.1) is 11.3 Å². The van der Waals surface area contributed by atoms with Crippen molar-refractivity contribution in [2.75, 3.05) is 39.9 Å². The number of ether oxygens (including phenoxy) is 1. The van der Waals surface area contributed by atoms with Crippen LogP contribution >= 0.6 is 27.3 Å². The van der Waals surface area contributed by atoms with Crippen LogP contribution in [0.3, 0.4) is 0 Å². The maximum atomic E-state index is 5.44. The lowest BCUT2D eigenvalue weighted by molar-refractivity contribution is 0.0625. The van der Waals surface area contributed by atoms with Crippen molar-refractivity contribution in [2.45, 2.75) is 32.6 Å². The molecular weight excluding hydrogens is 374 g/mol. The summed E-state index contributed by atoms with van der Waals surface area (Å²) in [6.45, 7) is 6.78. The summed E-state index contributed by atoms with van der Waals surface area (Å²) >= 11 is 5.30. The van der Waals surface area contributed by atoms with Gasteiger partial charge in [-0.1, -0.05) is 0 Å². The fourth-order valence-corrected chi connectivity index (χ4v) is 4.22. The Hall–Kier alpha value is -0.590. The minimum atomic E-state index is 0.803. The van der Waals surface area contributed by atoms with Crippen LogP contribution in [-0.2, 0) is 11.2 Å². The van der Waals surface area contributed by atoms with Crippen molar-refractivity contribution in [3.8, 4) is 0 Å². The van der Waals surface area contributed by atoms with Gasteiger partial charge in [0.05, 0.1) is 3.79 Å². The molecule has 0 bridgehead atoms. The molecule has 0 radical (unpaired) electrons. The molecule has 6 heteroatoms. The summed E-state index contributed by atoms with van der Waals surface area (Å²) < 4.78 is 6.63. The van der Waals surface area contributed by atoms with E-state index in [1.807, 2.05) is 0 Å². The molecule has 0 amide bonds. The molecular formula is C17H28BrN3OS. The Kier molecular flexibility index (Phi) is 8.40. The third-order valence-electron chi connectivity index (χ3n) is 4.16. The average Bonchev–Trinajstić information content (AvgIpc) is 2.98. The van der Waals surface area contributed by atoms with E-state index in [9.17, 15) is 0 Å². The number of guanidine groups is 1. The Balaban J connectivity index is 1.78. The summed E-state index contributed by atoms with van der Waals surface area (Å²) in [5, 5.41) is 3.41. The number of nitrogens with zero attached hydrogens (tertiary/aromatic N) is 2. The minimum absolute atomic E-state index is 0.803. The molecule has 1 aromatic rings. The molecule has 2 rings (SSSR count). The van der Waals surface area contributed by atoms with Crippen LogP contribution in [-0.4, -0.2) is 50.8 Å². The second-order valence-electron chi connectivity index (χ2n) is 5.96. The molecule has 23 heavy (non-hydrogen) atoms. The van der Waals surface area contributed by atoms with E-state index in [2.05, 4.69) is 52.3 Å². The van der Waals surface area contributed by atoms with Gasteiger partial charge in [-0.25, -0.2) is 0 Å². The first kappa shape index (κ1) is 18.7. The molecule has 1 aliphatic rings. The quantitative estimate of drug-likeness (QED) is 0.557. The Morgan fingerprint density at radius 1 is 1.43 bits per heavy atom. The number of halogens is 1. The van der Waals surface area contributed by atoms with E-state index < -0.39 is 0 Å². The van der Waals surface area contributed by atoms with Crippen molar-refractivity contribution in [1.29, 1.82) is 0 Å². The highest BCUT2D eigenvalue weighted by molar-refractivity contribution is 9.11. The Morgan fingerprint density at radius 3 is 2.87 bits per heavy atom. The molecule has 2 heterocycles. The second-order valence-corrected chi connectivity index (χ2v) is 8.51. The minimum Gasteiger partial charge on any atom is -0.381 e.